The average Bonchev–Trinajstić information content (AvgIpc) is 1.97. The maximum absolute atomic E-state index is 2.56. The van der Waals surface area contributed by atoms with Crippen molar-refractivity contribution in [2.75, 3.05) is 0 Å². The highest BCUT2D eigenvalue weighted by molar-refractivity contribution is 4.94. The van der Waals surface area contributed by atoms with Crippen LogP contribution >= 0.6 is 0 Å². The molecule has 0 unspecified atom stereocenters. The smallest absolute Gasteiger partial charge is 0.0135 e. The monoisotopic (exact) mass is 401 g/mol. The zero-order valence-electron chi connectivity index (χ0n) is 22.0. The van der Waals surface area contributed by atoms with Crippen molar-refractivity contribution in [1.82, 2.24) is 4.90 Å². The van der Waals surface area contributed by atoms with Gasteiger partial charge >= 0.3 is 0 Å². The zero-order chi connectivity index (χ0) is 22.2. The van der Waals surface area contributed by atoms with Crippen LogP contribution in [0.1, 0.15) is 139 Å². The van der Waals surface area contributed by atoms with E-state index >= 15 is 0 Å². The number of nitrogens with zero attached hydrogens (tertiary/aromatic N) is 1. The van der Waals surface area contributed by atoms with Crippen LogP contribution in [0.15, 0.2) is 0 Å². The third kappa shape index (κ3) is 12.5. The van der Waals surface area contributed by atoms with E-state index < -0.39 is 0 Å². The third-order valence-corrected chi connectivity index (χ3v) is 4.61. The summed E-state index contributed by atoms with van der Waals surface area (Å²) in [5.74, 6) is 0.729. The van der Waals surface area contributed by atoms with Gasteiger partial charge < -0.3 is 0 Å². The first-order valence-corrected chi connectivity index (χ1v) is 10.5. The molecule has 0 spiro atoms. The highest BCUT2D eigenvalue weighted by atomic mass is 15.3. The lowest BCUT2D eigenvalue weighted by molar-refractivity contribution is -0.0403. The maximum Gasteiger partial charge on any atom is 0.0135 e. The summed E-state index contributed by atoms with van der Waals surface area (Å²) in [5, 5.41) is 0. The van der Waals surface area contributed by atoms with E-state index in [1.54, 1.807) is 0 Å². The van der Waals surface area contributed by atoms with Crippen molar-refractivity contribution in [3.05, 3.63) is 0 Å². The molecule has 0 radical (unpaired) electrons. The van der Waals surface area contributed by atoms with Crippen molar-refractivity contribution in [2.24, 2.45) is 22.2 Å². The SMILES string of the molecule is C.C.CC(C)(C)C(C(C)(C)C)C(C)(C)C.CC(C)(C)N(C(C)(C)C)C(C)(C)C. The van der Waals surface area contributed by atoms with Gasteiger partial charge in [-0.3, -0.25) is 4.90 Å². The molecule has 28 heavy (non-hydrogen) atoms. The fourth-order valence-electron chi connectivity index (χ4n) is 6.92. The van der Waals surface area contributed by atoms with Crippen molar-refractivity contribution in [3.8, 4) is 0 Å². The Morgan fingerprint density at radius 2 is 0.500 bits per heavy atom. The summed E-state index contributed by atoms with van der Waals surface area (Å²) in [6.45, 7) is 41.7. The molecule has 0 N–H and O–H groups in total. The minimum Gasteiger partial charge on any atom is -0.289 e. The van der Waals surface area contributed by atoms with Gasteiger partial charge in [0.15, 0.2) is 0 Å². The molecule has 176 valence electrons. The molecule has 1 heteroatoms. The van der Waals surface area contributed by atoms with Crippen molar-refractivity contribution in [3.63, 3.8) is 0 Å². The molecule has 0 aromatic rings. The Bertz CT molecular complexity index is 294. The van der Waals surface area contributed by atoms with Gasteiger partial charge in [-0.1, -0.05) is 77.2 Å². The van der Waals surface area contributed by atoms with Crippen LogP contribution in [0.2, 0.25) is 0 Å². The van der Waals surface area contributed by atoms with Crippen molar-refractivity contribution >= 4 is 0 Å². The van der Waals surface area contributed by atoms with Crippen LogP contribution in [0.25, 0.3) is 0 Å². The second-order valence-corrected chi connectivity index (χ2v) is 14.4. The highest BCUT2D eigenvalue weighted by Crippen LogP contribution is 2.49. The molecule has 0 atom stereocenters. The molecule has 0 bridgehead atoms. The topological polar surface area (TPSA) is 3.24 Å². The van der Waals surface area contributed by atoms with E-state index in [0.29, 0.717) is 16.2 Å². The number of hydrogen-bond acceptors (Lipinski definition) is 1. The molecule has 0 heterocycles. The van der Waals surface area contributed by atoms with Gasteiger partial charge in [-0.2, -0.15) is 0 Å². The van der Waals surface area contributed by atoms with E-state index in [2.05, 4.69) is 130 Å². The van der Waals surface area contributed by atoms with Crippen LogP contribution in [-0.4, -0.2) is 21.5 Å². The molecule has 0 aliphatic heterocycles. The van der Waals surface area contributed by atoms with Crippen molar-refractivity contribution in [1.29, 1.82) is 0 Å². The second-order valence-electron chi connectivity index (χ2n) is 14.4. The van der Waals surface area contributed by atoms with Gasteiger partial charge in [0.25, 0.3) is 0 Å². The van der Waals surface area contributed by atoms with Gasteiger partial charge in [-0.05, 0) is 84.5 Å². The van der Waals surface area contributed by atoms with Crippen LogP contribution in [0, 0.1) is 22.2 Å². The fraction of sp³-hybridized carbons (Fsp3) is 1.00. The third-order valence-electron chi connectivity index (χ3n) is 4.61. The summed E-state index contributed by atoms with van der Waals surface area (Å²) >= 11 is 0. The van der Waals surface area contributed by atoms with Gasteiger partial charge in [0.05, 0.1) is 0 Å². The normalized spacial score (nSPS) is 14.1. The van der Waals surface area contributed by atoms with Crippen LogP contribution in [0.5, 0.6) is 0 Å². The van der Waals surface area contributed by atoms with Crippen LogP contribution < -0.4 is 0 Å². The first-order valence-electron chi connectivity index (χ1n) is 10.5. The van der Waals surface area contributed by atoms with E-state index in [4.69, 9.17) is 0 Å². The lowest BCUT2D eigenvalue weighted by Crippen LogP contribution is -2.60. The Morgan fingerprint density at radius 1 is 0.357 bits per heavy atom. The summed E-state index contributed by atoms with van der Waals surface area (Å²) in [6.07, 6.45) is 0. The molecule has 0 aliphatic rings. The number of rotatable bonds is 0. The van der Waals surface area contributed by atoms with Gasteiger partial charge in [0.1, 0.15) is 0 Å². The summed E-state index contributed by atoms with van der Waals surface area (Å²) in [6, 6.07) is 0. The minimum absolute atomic E-state index is 0. The van der Waals surface area contributed by atoms with E-state index in [1.807, 2.05) is 0 Å². The average molecular weight is 402 g/mol. The highest BCUT2D eigenvalue weighted by Gasteiger charge is 2.42. The van der Waals surface area contributed by atoms with Crippen molar-refractivity contribution in [2.45, 2.75) is 156 Å². The quantitative estimate of drug-likeness (QED) is 0.390. The van der Waals surface area contributed by atoms with Gasteiger partial charge in [0.2, 0.25) is 0 Å². The standard InChI is InChI=1S/C13H28.C12H27N.2CH4/c1-11(2,3)10(12(4,5)6)13(7,8)9;1-10(2,3)13(11(4,5)6)12(7,8)9;;/h10H,1-9H3;1-9H3;2*1H4. The summed E-state index contributed by atoms with van der Waals surface area (Å²) in [4.78, 5) is 2.56. The first kappa shape index (κ1) is 35.4. The molecule has 0 amide bonds. The van der Waals surface area contributed by atoms with Gasteiger partial charge in [-0.25, -0.2) is 0 Å². The van der Waals surface area contributed by atoms with E-state index in [0.717, 1.165) is 5.92 Å². The molecule has 0 saturated carbocycles. The lowest BCUT2D eigenvalue weighted by atomic mass is 9.56. The molecule has 0 saturated heterocycles. The first-order chi connectivity index (χ1) is 10.7. The Labute approximate surface area is 183 Å². The number of hydrogen-bond donors (Lipinski definition) is 0. The molecular weight excluding hydrogens is 338 g/mol. The molecule has 0 aromatic carbocycles. The van der Waals surface area contributed by atoms with Gasteiger partial charge in [0, 0.05) is 16.6 Å². The van der Waals surface area contributed by atoms with E-state index in [9.17, 15) is 0 Å². The Balaban J connectivity index is -0.000000192. The van der Waals surface area contributed by atoms with Crippen LogP contribution in [-0.2, 0) is 0 Å². The predicted molar refractivity (Wildman–Crippen MR) is 136 cm³/mol. The van der Waals surface area contributed by atoms with Crippen LogP contribution in [0.3, 0.4) is 0 Å². The molecule has 0 aliphatic carbocycles. The van der Waals surface area contributed by atoms with Crippen molar-refractivity contribution < 1.29 is 0 Å². The molecule has 0 rings (SSSR count). The van der Waals surface area contributed by atoms with Crippen LogP contribution in [0.4, 0.5) is 0 Å². The Morgan fingerprint density at radius 3 is 0.500 bits per heavy atom. The largest absolute Gasteiger partial charge is 0.289 e. The summed E-state index contributed by atoms with van der Waals surface area (Å²) in [7, 11) is 0. The molecule has 1 nitrogen and oxygen atoms in total. The molecule has 0 aromatic heterocycles. The van der Waals surface area contributed by atoms with Gasteiger partial charge in [-0.15, -0.1) is 0 Å². The summed E-state index contributed by atoms with van der Waals surface area (Å²) in [5.41, 5.74) is 1.81. The molecule has 0 fully saturated rings. The Kier molecular flexibility index (Phi) is 13.0. The van der Waals surface area contributed by atoms with E-state index in [-0.39, 0.29) is 31.5 Å². The second kappa shape index (κ2) is 10.3. The molecular formula is C27H63N. The Hall–Kier alpha value is -0.0400. The predicted octanol–water partition coefficient (Wildman–Crippen LogP) is 9.70. The summed E-state index contributed by atoms with van der Waals surface area (Å²) < 4.78 is 0. The maximum atomic E-state index is 2.56. The minimum atomic E-state index is 0. The zero-order valence-corrected chi connectivity index (χ0v) is 22.0. The van der Waals surface area contributed by atoms with E-state index in [1.165, 1.54) is 0 Å². The lowest BCUT2D eigenvalue weighted by Gasteiger charge is -2.53. The fourth-order valence-corrected chi connectivity index (χ4v) is 6.92.